The lowest BCUT2D eigenvalue weighted by atomic mass is 9.62. The molecule has 1 unspecified atom stereocenters. The van der Waals surface area contributed by atoms with E-state index >= 15 is 0 Å². The van der Waals surface area contributed by atoms with Gasteiger partial charge in [-0.15, -0.1) is 0 Å². The van der Waals surface area contributed by atoms with Crippen LogP contribution in [0, 0.1) is 18.8 Å². The first-order valence-corrected chi connectivity index (χ1v) is 12.6. The number of benzene rings is 3. The molecule has 3 N–H and O–H groups in total. The maximum atomic E-state index is 11.5. The van der Waals surface area contributed by atoms with Gasteiger partial charge in [0.15, 0.2) is 0 Å². The topological polar surface area (TPSA) is 78.8 Å². The zero-order valence-electron chi connectivity index (χ0n) is 22.2. The molecule has 0 bridgehead atoms. The summed E-state index contributed by atoms with van der Waals surface area (Å²) in [6.45, 7) is 11.5. The summed E-state index contributed by atoms with van der Waals surface area (Å²) >= 11 is 0. The maximum Gasteiger partial charge on any atom is 0.274 e. The molecule has 3 aromatic rings. The summed E-state index contributed by atoms with van der Waals surface area (Å²) in [5.74, 6) is 6.14. The predicted octanol–water partition coefficient (Wildman–Crippen LogP) is 6.13. The van der Waals surface area contributed by atoms with Crippen LogP contribution in [-0.2, 0) is 17.4 Å². The van der Waals surface area contributed by atoms with E-state index in [9.17, 15) is 9.90 Å². The third-order valence-electron chi connectivity index (χ3n) is 7.34. The molecule has 192 valence electrons. The van der Waals surface area contributed by atoms with Crippen molar-refractivity contribution in [1.29, 1.82) is 0 Å². The summed E-state index contributed by atoms with van der Waals surface area (Å²) in [5, 5.41) is 19.9. The molecule has 5 nitrogen and oxygen atoms in total. The van der Waals surface area contributed by atoms with Crippen molar-refractivity contribution in [1.82, 2.24) is 5.48 Å². The lowest BCUT2D eigenvalue weighted by Crippen LogP contribution is -2.34. The van der Waals surface area contributed by atoms with E-state index in [0.29, 0.717) is 23.3 Å². The number of fused-ring (bicyclic) bond motifs is 1. The van der Waals surface area contributed by atoms with Crippen LogP contribution in [0.2, 0.25) is 0 Å². The average molecular weight is 498 g/mol. The van der Waals surface area contributed by atoms with Crippen LogP contribution in [0.1, 0.15) is 90.4 Å². The van der Waals surface area contributed by atoms with E-state index in [0.717, 1.165) is 24.2 Å². The van der Waals surface area contributed by atoms with Gasteiger partial charge in [-0.2, -0.15) is 0 Å². The third kappa shape index (κ3) is 5.88. The Balaban J connectivity index is 1.69. The van der Waals surface area contributed by atoms with Crippen molar-refractivity contribution in [3.8, 4) is 17.6 Å². The second-order valence-electron chi connectivity index (χ2n) is 11.2. The molecule has 3 aromatic carbocycles. The smallest absolute Gasteiger partial charge is 0.274 e. The highest BCUT2D eigenvalue weighted by molar-refractivity contribution is 5.93. The van der Waals surface area contributed by atoms with Crippen LogP contribution >= 0.6 is 0 Å². The predicted molar refractivity (Wildman–Crippen MR) is 145 cm³/mol. The molecule has 1 aliphatic rings. The molecule has 4 rings (SSSR count). The summed E-state index contributed by atoms with van der Waals surface area (Å²) in [6, 6.07) is 18.8. The first-order valence-electron chi connectivity index (χ1n) is 12.6. The molecule has 0 fully saturated rings. The zero-order chi connectivity index (χ0) is 26.8. The first-order chi connectivity index (χ1) is 17.5. The SMILES string of the molecule is Cc1ccc(COc2cc(C(O)C#Cc3ccc(C(=O)NO)cc3)cc3c2C(C)(C)CCC3(C)C)cc1. The molecule has 0 aliphatic heterocycles. The van der Waals surface area contributed by atoms with Gasteiger partial charge in [-0.1, -0.05) is 75.4 Å². The van der Waals surface area contributed by atoms with E-state index in [2.05, 4.69) is 76.8 Å². The van der Waals surface area contributed by atoms with Gasteiger partial charge in [0, 0.05) is 16.7 Å². The molecule has 0 radical (unpaired) electrons. The standard InChI is InChI=1S/C32H35NO4/c1-21-6-8-23(9-7-21)20-37-28-19-25(18-26-29(28)32(4,5)17-16-31(26,2)3)27(34)15-12-22-10-13-24(14-11-22)30(35)33-36/h6-11,13-14,18-19,27,34,36H,16-17,20H2,1-5H3,(H,33,35). The number of ether oxygens (including phenoxy) is 1. The summed E-state index contributed by atoms with van der Waals surface area (Å²) in [5.41, 5.74) is 7.89. The molecule has 0 heterocycles. The monoisotopic (exact) mass is 497 g/mol. The van der Waals surface area contributed by atoms with Gasteiger partial charge in [-0.05, 0) is 77.6 Å². The number of nitrogens with one attached hydrogen (secondary N) is 1. The summed E-state index contributed by atoms with van der Waals surface area (Å²) in [7, 11) is 0. The van der Waals surface area contributed by atoms with Crippen LogP contribution in [-0.4, -0.2) is 16.2 Å². The molecule has 0 saturated heterocycles. The Morgan fingerprint density at radius 2 is 1.65 bits per heavy atom. The molecular formula is C32H35NO4. The highest BCUT2D eigenvalue weighted by Crippen LogP contribution is 2.50. The van der Waals surface area contributed by atoms with Gasteiger partial charge < -0.3 is 9.84 Å². The fraction of sp³-hybridized carbons (Fsp3) is 0.344. The van der Waals surface area contributed by atoms with Crippen LogP contribution in [0.3, 0.4) is 0 Å². The third-order valence-corrected chi connectivity index (χ3v) is 7.34. The number of aryl methyl sites for hydroxylation is 1. The number of aliphatic hydroxyl groups excluding tert-OH is 1. The quantitative estimate of drug-likeness (QED) is 0.225. The van der Waals surface area contributed by atoms with Crippen LogP contribution in [0.4, 0.5) is 0 Å². The van der Waals surface area contributed by atoms with Gasteiger partial charge in [-0.25, -0.2) is 5.48 Å². The number of hydrogen-bond acceptors (Lipinski definition) is 4. The highest BCUT2D eigenvalue weighted by atomic mass is 16.5. The second-order valence-corrected chi connectivity index (χ2v) is 11.2. The van der Waals surface area contributed by atoms with Crippen molar-refractivity contribution in [2.75, 3.05) is 0 Å². The summed E-state index contributed by atoms with van der Waals surface area (Å²) < 4.78 is 6.44. The molecule has 1 amide bonds. The summed E-state index contributed by atoms with van der Waals surface area (Å²) in [4.78, 5) is 11.5. The van der Waals surface area contributed by atoms with E-state index in [1.54, 1.807) is 29.7 Å². The van der Waals surface area contributed by atoms with Crippen LogP contribution < -0.4 is 10.2 Å². The van der Waals surface area contributed by atoms with Crippen molar-refractivity contribution in [2.45, 2.75) is 71.0 Å². The number of aliphatic hydroxyl groups is 1. The van der Waals surface area contributed by atoms with Crippen molar-refractivity contribution in [3.05, 3.63) is 99.6 Å². The number of rotatable bonds is 5. The zero-order valence-corrected chi connectivity index (χ0v) is 22.2. The number of carbonyl (C=O) groups excluding carboxylic acids is 1. The Bertz CT molecular complexity index is 1340. The summed E-state index contributed by atoms with van der Waals surface area (Å²) in [6.07, 6.45) is 1.09. The van der Waals surface area contributed by atoms with E-state index in [1.165, 1.54) is 16.7 Å². The Labute approximate surface area is 219 Å². The Morgan fingerprint density at radius 1 is 1.00 bits per heavy atom. The minimum absolute atomic E-state index is 0.0504. The lowest BCUT2D eigenvalue weighted by molar-refractivity contribution is 0.0706. The number of hydrogen-bond donors (Lipinski definition) is 3. The van der Waals surface area contributed by atoms with Crippen LogP contribution in [0.5, 0.6) is 5.75 Å². The van der Waals surface area contributed by atoms with Crippen LogP contribution in [0.25, 0.3) is 0 Å². The first kappa shape index (κ1) is 26.5. The molecule has 0 saturated carbocycles. The van der Waals surface area contributed by atoms with E-state index in [4.69, 9.17) is 9.94 Å². The van der Waals surface area contributed by atoms with Crippen molar-refractivity contribution >= 4 is 5.91 Å². The van der Waals surface area contributed by atoms with Gasteiger partial charge in [0.25, 0.3) is 5.91 Å². The molecule has 37 heavy (non-hydrogen) atoms. The molecule has 1 aliphatic carbocycles. The van der Waals surface area contributed by atoms with Crippen molar-refractivity contribution in [3.63, 3.8) is 0 Å². The fourth-order valence-electron chi connectivity index (χ4n) is 4.87. The fourth-order valence-corrected chi connectivity index (χ4v) is 4.87. The van der Waals surface area contributed by atoms with Gasteiger partial charge >= 0.3 is 0 Å². The van der Waals surface area contributed by atoms with Crippen molar-refractivity contribution < 1.29 is 19.8 Å². The number of hydroxylamine groups is 1. The highest BCUT2D eigenvalue weighted by Gasteiger charge is 2.40. The number of amides is 1. The van der Waals surface area contributed by atoms with E-state index in [1.807, 2.05) is 6.07 Å². The van der Waals surface area contributed by atoms with Gasteiger partial charge in [0.1, 0.15) is 18.5 Å². The Morgan fingerprint density at radius 3 is 2.30 bits per heavy atom. The Kier molecular flexibility index (Phi) is 7.45. The number of carbonyl (C=O) groups is 1. The Hall–Kier alpha value is -3.59. The maximum absolute atomic E-state index is 11.5. The molecule has 0 aromatic heterocycles. The largest absolute Gasteiger partial charge is 0.489 e. The van der Waals surface area contributed by atoms with Gasteiger partial charge in [0.2, 0.25) is 0 Å². The minimum atomic E-state index is -1.01. The van der Waals surface area contributed by atoms with Gasteiger partial charge in [-0.3, -0.25) is 10.0 Å². The average Bonchev–Trinajstić information content (AvgIpc) is 2.89. The van der Waals surface area contributed by atoms with Crippen LogP contribution in [0.15, 0.2) is 60.7 Å². The van der Waals surface area contributed by atoms with E-state index < -0.39 is 12.0 Å². The normalized spacial score (nSPS) is 16.1. The molecule has 5 heteroatoms. The van der Waals surface area contributed by atoms with Crippen molar-refractivity contribution in [2.24, 2.45) is 0 Å². The molecular weight excluding hydrogens is 462 g/mol. The second kappa shape index (κ2) is 10.4. The van der Waals surface area contributed by atoms with E-state index in [-0.39, 0.29) is 10.8 Å². The molecule has 0 spiro atoms. The molecule has 1 atom stereocenters. The van der Waals surface area contributed by atoms with Gasteiger partial charge in [0.05, 0.1) is 0 Å². The lowest BCUT2D eigenvalue weighted by Gasteiger charge is -2.43. The minimum Gasteiger partial charge on any atom is -0.489 e.